The molecule has 2 heterocycles. The number of ether oxygens (including phenoxy) is 3. The summed E-state index contributed by atoms with van der Waals surface area (Å²) in [5.74, 6) is 2.86. The van der Waals surface area contributed by atoms with E-state index in [-0.39, 0.29) is 6.23 Å². The second-order valence-electron chi connectivity index (χ2n) is 8.79. The minimum Gasteiger partial charge on any atom is -0.493 e. The Hall–Kier alpha value is -3.57. The number of para-hydroxylation sites is 1. The number of rotatable bonds is 7. The number of benzene rings is 2. The standard InChI is InChI=1S/C26H29N5O3/c1-32-23-13-20(9-10-22(23)34-17-18-5-2-3-6-18)29-25-16-31(11-12-33-25)24-15-28-21-8-4-7-19(14-27)26(21)30-24/h4,7-10,13,15,18,25,29H,2-3,5-6,11-12,16-17H2,1H3. The van der Waals surface area contributed by atoms with Crippen LogP contribution in [0.3, 0.4) is 0 Å². The number of morpholine rings is 1. The van der Waals surface area contributed by atoms with Crippen LogP contribution in [-0.4, -0.2) is 49.6 Å². The predicted octanol–water partition coefficient (Wildman–Crippen LogP) is 4.35. The first-order valence-electron chi connectivity index (χ1n) is 11.8. The number of hydrogen-bond acceptors (Lipinski definition) is 8. The third-order valence-corrected chi connectivity index (χ3v) is 6.51. The van der Waals surface area contributed by atoms with Gasteiger partial charge < -0.3 is 24.4 Å². The van der Waals surface area contributed by atoms with Gasteiger partial charge in [-0.2, -0.15) is 5.26 Å². The molecule has 2 fully saturated rings. The first-order valence-corrected chi connectivity index (χ1v) is 11.8. The average Bonchev–Trinajstić information content (AvgIpc) is 3.41. The topological polar surface area (TPSA) is 92.5 Å². The van der Waals surface area contributed by atoms with Gasteiger partial charge >= 0.3 is 0 Å². The highest BCUT2D eigenvalue weighted by atomic mass is 16.5. The molecule has 1 unspecified atom stereocenters. The summed E-state index contributed by atoms with van der Waals surface area (Å²) in [7, 11) is 1.66. The van der Waals surface area contributed by atoms with E-state index >= 15 is 0 Å². The molecule has 0 amide bonds. The fourth-order valence-corrected chi connectivity index (χ4v) is 4.66. The van der Waals surface area contributed by atoms with Crippen LogP contribution in [0.25, 0.3) is 11.0 Å². The van der Waals surface area contributed by atoms with Crippen molar-refractivity contribution < 1.29 is 14.2 Å². The molecule has 1 saturated heterocycles. The average molecular weight is 460 g/mol. The molecule has 1 atom stereocenters. The van der Waals surface area contributed by atoms with Crippen LogP contribution >= 0.6 is 0 Å². The van der Waals surface area contributed by atoms with Crippen molar-refractivity contribution in [2.75, 3.05) is 43.6 Å². The van der Waals surface area contributed by atoms with Gasteiger partial charge in [-0.15, -0.1) is 0 Å². The van der Waals surface area contributed by atoms with Gasteiger partial charge in [0.2, 0.25) is 0 Å². The zero-order valence-electron chi connectivity index (χ0n) is 19.4. The van der Waals surface area contributed by atoms with Gasteiger partial charge in [0.05, 0.1) is 44.1 Å². The van der Waals surface area contributed by atoms with Crippen LogP contribution in [0.5, 0.6) is 11.5 Å². The Morgan fingerprint density at radius 2 is 2.09 bits per heavy atom. The first-order chi connectivity index (χ1) is 16.7. The third-order valence-electron chi connectivity index (χ3n) is 6.51. The third kappa shape index (κ3) is 4.85. The van der Waals surface area contributed by atoms with Gasteiger partial charge in [0.25, 0.3) is 0 Å². The summed E-state index contributed by atoms with van der Waals surface area (Å²) in [6.07, 6.45) is 6.62. The Labute approximate surface area is 199 Å². The maximum Gasteiger partial charge on any atom is 0.162 e. The Bertz CT molecular complexity index is 1190. The largest absolute Gasteiger partial charge is 0.493 e. The monoisotopic (exact) mass is 459 g/mol. The van der Waals surface area contributed by atoms with Crippen LogP contribution in [0.4, 0.5) is 11.5 Å². The van der Waals surface area contributed by atoms with E-state index in [1.807, 2.05) is 30.3 Å². The van der Waals surface area contributed by atoms with Crippen LogP contribution < -0.4 is 19.7 Å². The van der Waals surface area contributed by atoms with Gasteiger partial charge in [-0.3, -0.25) is 4.98 Å². The second-order valence-corrected chi connectivity index (χ2v) is 8.79. The lowest BCUT2D eigenvalue weighted by atomic mass is 10.1. The van der Waals surface area contributed by atoms with Crippen molar-refractivity contribution in [3.05, 3.63) is 48.2 Å². The minimum absolute atomic E-state index is 0.229. The van der Waals surface area contributed by atoms with E-state index in [1.54, 1.807) is 19.4 Å². The highest BCUT2D eigenvalue weighted by Crippen LogP contribution is 2.33. The fourth-order valence-electron chi connectivity index (χ4n) is 4.66. The summed E-state index contributed by atoms with van der Waals surface area (Å²) >= 11 is 0. The van der Waals surface area contributed by atoms with Crippen molar-refractivity contribution >= 4 is 22.5 Å². The molecule has 1 N–H and O–H groups in total. The van der Waals surface area contributed by atoms with Crippen LogP contribution in [0, 0.1) is 17.2 Å². The molecule has 8 nitrogen and oxygen atoms in total. The summed E-state index contributed by atoms with van der Waals surface area (Å²) in [6, 6.07) is 13.5. The molecule has 1 saturated carbocycles. The molecule has 8 heteroatoms. The van der Waals surface area contributed by atoms with Gasteiger partial charge in [-0.1, -0.05) is 18.9 Å². The number of hydrogen-bond donors (Lipinski definition) is 1. The Balaban J connectivity index is 1.26. The molecule has 1 aliphatic carbocycles. The van der Waals surface area contributed by atoms with E-state index in [4.69, 9.17) is 19.2 Å². The summed E-state index contributed by atoms with van der Waals surface area (Å²) in [6.45, 7) is 2.59. The lowest BCUT2D eigenvalue weighted by Gasteiger charge is -2.34. The molecule has 2 aliphatic rings. The van der Waals surface area contributed by atoms with Crippen molar-refractivity contribution in [3.8, 4) is 17.6 Å². The predicted molar refractivity (Wildman–Crippen MR) is 130 cm³/mol. The van der Waals surface area contributed by atoms with Crippen molar-refractivity contribution in [2.24, 2.45) is 5.92 Å². The van der Waals surface area contributed by atoms with Crippen LogP contribution in [-0.2, 0) is 4.74 Å². The summed E-state index contributed by atoms with van der Waals surface area (Å²) < 4.78 is 17.6. The molecule has 1 aliphatic heterocycles. The Morgan fingerprint density at radius 1 is 1.21 bits per heavy atom. The van der Waals surface area contributed by atoms with Gasteiger partial charge in [0.1, 0.15) is 23.6 Å². The molecule has 0 bridgehead atoms. The van der Waals surface area contributed by atoms with Crippen molar-refractivity contribution in [1.82, 2.24) is 9.97 Å². The van der Waals surface area contributed by atoms with Gasteiger partial charge in [0, 0.05) is 18.3 Å². The molecular formula is C26H29N5O3. The molecule has 176 valence electrons. The van der Waals surface area contributed by atoms with E-state index in [0.717, 1.165) is 23.9 Å². The minimum atomic E-state index is -0.229. The molecule has 2 aromatic carbocycles. The summed E-state index contributed by atoms with van der Waals surface area (Å²) in [5.41, 5.74) is 2.76. The van der Waals surface area contributed by atoms with Crippen LogP contribution in [0.1, 0.15) is 31.2 Å². The zero-order chi connectivity index (χ0) is 23.3. The van der Waals surface area contributed by atoms with Crippen LogP contribution in [0.15, 0.2) is 42.6 Å². The number of methoxy groups -OCH3 is 1. The van der Waals surface area contributed by atoms with Crippen molar-refractivity contribution in [2.45, 2.75) is 31.9 Å². The van der Waals surface area contributed by atoms with E-state index in [2.05, 4.69) is 21.3 Å². The lowest BCUT2D eigenvalue weighted by molar-refractivity contribution is 0.0588. The highest BCUT2D eigenvalue weighted by molar-refractivity contribution is 5.81. The number of nitriles is 1. The van der Waals surface area contributed by atoms with Crippen LogP contribution in [0.2, 0.25) is 0 Å². The molecule has 0 radical (unpaired) electrons. The van der Waals surface area contributed by atoms with Gasteiger partial charge in [0.15, 0.2) is 11.5 Å². The fraction of sp³-hybridized carbons (Fsp3) is 0.423. The zero-order valence-corrected chi connectivity index (χ0v) is 19.4. The number of nitrogens with one attached hydrogen (secondary N) is 1. The van der Waals surface area contributed by atoms with Crippen molar-refractivity contribution in [3.63, 3.8) is 0 Å². The molecule has 1 aromatic heterocycles. The molecule has 3 aromatic rings. The van der Waals surface area contributed by atoms with Gasteiger partial charge in [-0.05, 0) is 43.0 Å². The molecule has 34 heavy (non-hydrogen) atoms. The number of aromatic nitrogens is 2. The maximum atomic E-state index is 9.41. The number of fused-ring (bicyclic) bond motifs is 1. The maximum absolute atomic E-state index is 9.41. The summed E-state index contributed by atoms with van der Waals surface area (Å²) in [5, 5.41) is 12.9. The quantitative estimate of drug-likeness (QED) is 0.557. The van der Waals surface area contributed by atoms with Crippen molar-refractivity contribution in [1.29, 1.82) is 5.26 Å². The SMILES string of the molecule is COc1cc(NC2CN(c3cnc4cccc(C#N)c4n3)CCO2)ccc1OCC1CCCC1. The van der Waals surface area contributed by atoms with Gasteiger partial charge in [-0.25, -0.2) is 4.98 Å². The smallest absolute Gasteiger partial charge is 0.162 e. The second kappa shape index (κ2) is 10.1. The lowest BCUT2D eigenvalue weighted by Crippen LogP contribution is -2.46. The van der Waals surface area contributed by atoms with E-state index < -0.39 is 0 Å². The molecular weight excluding hydrogens is 430 g/mol. The Morgan fingerprint density at radius 3 is 2.91 bits per heavy atom. The number of nitrogens with zero attached hydrogens (tertiary/aromatic N) is 4. The van der Waals surface area contributed by atoms with E-state index in [1.165, 1.54) is 25.7 Å². The summed E-state index contributed by atoms with van der Waals surface area (Å²) in [4.78, 5) is 11.4. The Kier molecular flexibility index (Phi) is 6.63. The molecule has 0 spiro atoms. The first kappa shape index (κ1) is 22.2. The van der Waals surface area contributed by atoms with E-state index in [9.17, 15) is 5.26 Å². The molecule has 5 rings (SSSR count). The normalized spacial score (nSPS) is 18.6. The highest BCUT2D eigenvalue weighted by Gasteiger charge is 2.23. The van der Waals surface area contributed by atoms with E-state index in [0.29, 0.717) is 48.0 Å². The number of anilines is 2.